The van der Waals surface area contributed by atoms with Gasteiger partial charge < -0.3 is 24.1 Å². The summed E-state index contributed by atoms with van der Waals surface area (Å²) in [4.78, 5) is 26.5. The molecule has 0 fully saturated rings. The molecule has 0 saturated heterocycles. The monoisotopic (exact) mass is 492 g/mol. The Kier molecular flexibility index (Phi) is 7.93. The van der Waals surface area contributed by atoms with Crippen molar-refractivity contribution in [2.75, 3.05) is 14.2 Å². The molecule has 0 aliphatic heterocycles. The van der Waals surface area contributed by atoms with Gasteiger partial charge in [-0.05, 0) is 69.4 Å². The summed E-state index contributed by atoms with van der Waals surface area (Å²) in [6.07, 6.45) is 0. The molecule has 0 spiro atoms. The van der Waals surface area contributed by atoms with Crippen LogP contribution in [-0.2, 0) is 11.3 Å². The van der Waals surface area contributed by atoms with Crippen molar-refractivity contribution >= 4 is 11.9 Å². The van der Waals surface area contributed by atoms with Crippen molar-refractivity contribution in [3.8, 4) is 23.0 Å². The van der Waals surface area contributed by atoms with E-state index in [1.165, 1.54) is 14.2 Å². The molecule has 7 nitrogen and oxygen atoms in total. The van der Waals surface area contributed by atoms with Crippen LogP contribution in [0.1, 0.15) is 59.7 Å². The van der Waals surface area contributed by atoms with Gasteiger partial charge in [0.1, 0.15) is 40.7 Å². The van der Waals surface area contributed by atoms with E-state index in [0.29, 0.717) is 39.1 Å². The summed E-state index contributed by atoms with van der Waals surface area (Å²) in [5, 5.41) is 10.4. The number of phenolic OH excluding ortho intramolecular Hbond substituents is 1. The SMILES string of the molecule is COc1c(C)c(O)c(C)c(C)c1C(=O)Oc1c(C)c(C)c(C(=O)OCc2ccccc2)c(OC)c1C. The zero-order chi connectivity index (χ0) is 26.7. The Morgan fingerprint density at radius 3 is 1.78 bits per heavy atom. The first-order valence-electron chi connectivity index (χ1n) is 11.5. The largest absolute Gasteiger partial charge is 0.507 e. The van der Waals surface area contributed by atoms with Gasteiger partial charge in [0.2, 0.25) is 0 Å². The Morgan fingerprint density at radius 1 is 0.667 bits per heavy atom. The minimum Gasteiger partial charge on any atom is -0.507 e. The second kappa shape index (κ2) is 10.7. The minimum absolute atomic E-state index is 0.0733. The summed E-state index contributed by atoms with van der Waals surface area (Å²) in [5.41, 5.74) is 4.64. The van der Waals surface area contributed by atoms with Crippen molar-refractivity contribution in [1.29, 1.82) is 0 Å². The maximum atomic E-state index is 13.4. The van der Waals surface area contributed by atoms with E-state index in [0.717, 1.165) is 5.56 Å². The predicted octanol–water partition coefficient (Wildman–Crippen LogP) is 5.84. The van der Waals surface area contributed by atoms with Crippen LogP contribution in [-0.4, -0.2) is 31.3 Å². The summed E-state index contributed by atoms with van der Waals surface area (Å²) in [6.45, 7) is 10.5. The van der Waals surface area contributed by atoms with E-state index in [1.807, 2.05) is 30.3 Å². The van der Waals surface area contributed by atoms with Gasteiger partial charge in [0.15, 0.2) is 0 Å². The molecule has 0 aromatic heterocycles. The van der Waals surface area contributed by atoms with Crippen LogP contribution in [0.3, 0.4) is 0 Å². The van der Waals surface area contributed by atoms with Crippen LogP contribution in [0.25, 0.3) is 0 Å². The van der Waals surface area contributed by atoms with Crippen LogP contribution < -0.4 is 14.2 Å². The van der Waals surface area contributed by atoms with Crippen molar-refractivity contribution in [1.82, 2.24) is 0 Å². The molecular weight excluding hydrogens is 460 g/mol. The first kappa shape index (κ1) is 26.6. The number of phenols is 1. The lowest BCUT2D eigenvalue weighted by molar-refractivity contribution is 0.0467. The second-order valence-corrected chi connectivity index (χ2v) is 8.70. The van der Waals surface area contributed by atoms with Crippen LogP contribution in [0, 0.1) is 41.5 Å². The highest BCUT2D eigenvalue weighted by Gasteiger charge is 2.29. The molecule has 36 heavy (non-hydrogen) atoms. The van der Waals surface area contributed by atoms with Gasteiger partial charge in [-0.25, -0.2) is 9.59 Å². The van der Waals surface area contributed by atoms with Gasteiger partial charge in [0.25, 0.3) is 0 Å². The van der Waals surface area contributed by atoms with E-state index in [4.69, 9.17) is 18.9 Å². The number of hydrogen-bond acceptors (Lipinski definition) is 7. The first-order chi connectivity index (χ1) is 17.0. The molecule has 0 atom stereocenters. The number of ether oxygens (including phenoxy) is 4. The number of carbonyl (C=O) groups excluding carboxylic acids is 2. The Balaban J connectivity index is 2.03. The van der Waals surface area contributed by atoms with E-state index >= 15 is 0 Å². The van der Waals surface area contributed by atoms with Crippen LogP contribution >= 0.6 is 0 Å². The molecule has 0 bridgehead atoms. The van der Waals surface area contributed by atoms with Crippen LogP contribution in [0.4, 0.5) is 0 Å². The van der Waals surface area contributed by atoms with Gasteiger partial charge in [-0.15, -0.1) is 0 Å². The van der Waals surface area contributed by atoms with Gasteiger partial charge in [-0.3, -0.25) is 0 Å². The van der Waals surface area contributed by atoms with Gasteiger partial charge in [-0.2, -0.15) is 0 Å². The number of esters is 2. The standard InChI is InChI=1S/C29H32O7/c1-15-17(3)24(30)19(5)26(33-7)23(15)29(32)36-25-18(4)16(2)22(27(34-8)20(25)6)28(31)35-14-21-12-10-9-11-13-21/h9-13,30H,14H2,1-8H3. The highest BCUT2D eigenvalue weighted by atomic mass is 16.5. The zero-order valence-corrected chi connectivity index (χ0v) is 22.0. The van der Waals surface area contributed by atoms with E-state index in [-0.39, 0.29) is 35.0 Å². The third-order valence-corrected chi connectivity index (χ3v) is 6.63. The number of hydrogen-bond donors (Lipinski definition) is 1. The molecule has 0 radical (unpaired) electrons. The van der Waals surface area contributed by atoms with Crippen LogP contribution in [0.2, 0.25) is 0 Å². The fourth-order valence-electron chi connectivity index (χ4n) is 4.31. The average Bonchev–Trinajstić information content (AvgIpc) is 2.88. The fraction of sp³-hybridized carbons (Fsp3) is 0.310. The van der Waals surface area contributed by atoms with E-state index in [2.05, 4.69) is 0 Å². The second-order valence-electron chi connectivity index (χ2n) is 8.70. The average molecular weight is 493 g/mol. The number of rotatable bonds is 7. The molecule has 3 aromatic carbocycles. The highest BCUT2D eigenvalue weighted by Crippen LogP contribution is 2.41. The molecule has 0 aliphatic rings. The normalized spacial score (nSPS) is 10.7. The summed E-state index contributed by atoms with van der Waals surface area (Å²) < 4.78 is 22.5. The van der Waals surface area contributed by atoms with Crippen molar-refractivity contribution in [2.24, 2.45) is 0 Å². The van der Waals surface area contributed by atoms with Crippen molar-refractivity contribution in [3.05, 3.63) is 80.4 Å². The summed E-state index contributed by atoms with van der Waals surface area (Å²) in [6, 6.07) is 9.39. The zero-order valence-electron chi connectivity index (χ0n) is 22.0. The van der Waals surface area contributed by atoms with Gasteiger partial charge >= 0.3 is 11.9 Å². The van der Waals surface area contributed by atoms with Gasteiger partial charge in [-0.1, -0.05) is 30.3 Å². The summed E-state index contributed by atoms with van der Waals surface area (Å²) in [7, 11) is 2.89. The lowest BCUT2D eigenvalue weighted by atomic mass is 9.96. The Labute approximate surface area is 211 Å². The predicted molar refractivity (Wildman–Crippen MR) is 137 cm³/mol. The topological polar surface area (TPSA) is 91.3 Å². The third kappa shape index (κ3) is 4.73. The van der Waals surface area contributed by atoms with Crippen LogP contribution in [0.5, 0.6) is 23.0 Å². The number of aromatic hydroxyl groups is 1. The molecule has 0 amide bonds. The maximum absolute atomic E-state index is 13.4. The fourth-order valence-corrected chi connectivity index (χ4v) is 4.31. The molecule has 3 aromatic rings. The van der Waals surface area contributed by atoms with E-state index in [9.17, 15) is 14.7 Å². The third-order valence-electron chi connectivity index (χ3n) is 6.63. The summed E-state index contributed by atoms with van der Waals surface area (Å²) in [5.74, 6) is -0.272. The molecule has 0 unspecified atom stereocenters. The molecule has 0 heterocycles. The van der Waals surface area contributed by atoms with Crippen molar-refractivity contribution < 1.29 is 33.6 Å². The Morgan fingerprint density at radius 2 is 1.19 bits per heavy atom. The highest BCUT2D eigenvalue weighted by molar-refractivity contribution is 5.99. The van der Waals surface area contributed by atoms with Crippen molar-refractivity contribution in [3.63, 3.8) is 0 Å². The number of benzene rings is 3. The van der Waals surface area contributed by atoms with E-state index < -0.39 is 11.9 Å². The Hall–Kier alpha value is -4.00. The number of carbonyl (C=O) groups is 2. The van der Waals surface area contributed by atoms with Crippen LogP contribution in [0.15, 0.2) is 30.3 Å². The lowest BCUT2D eigenvalue weighted by Crippen LogP contribution is -2.17. The lowest BCUT2D eigenvalue weighted by Gasteiger charge is -2.21. The molecule has 0 aliphatic carbocycles. The molecule has 0 saturated carbocycles. The Bertz CT molecular complexity index is 1320. The molecular formula is C29H32O7. The minimum atomic E-state index is -0.636. The molecule has 1 N–H and O–H groups in total. The van der Waals surface area contributed by atoms with E-state index in [1.54, 1.807) is 41.5 Å². The molecule has 3 rings (SSSR count). The quantitative estimate of drug-likeness (QED) is 0.327. The maximum Gasteiger partial charge on any atom is 0.347 e. The first-order valence-corrected chi connectivity index (χ1v) is 11.5. The van der Waals surface area contributed by atoms with Crippen molar-refractivity contribution in [2.45, 2.75) is 48.1 Å². The number of methoxy groups -OCH3 is 2. The van der Waals surface area contributed by atoms with Gasteiger partial charge in [0, 0.05) is 11.1 Å². The molecule has 190 valence electrons. The summed E-state index contributed by atoms with van der Waals surface area (Å²) >= 11 is 0. The molecule has 7 heteroatoms. The van der Waals surface area contributed by atoms with Gasteiger partial charge in [0.05, 0.1) is 14.2 Å². The smallest absolute Gasteiger partial charge is 0.347 e.